The molecule has 0 saturated heterocycles. The summed E-state index contributed by atoms with van der Waals surface area (Å²) < 4.78 is 39.5. The number of ether oxygens (including phenoxy) is 1. The molecule has 0 aromatic carbocycles. The Morgan fingerprint density at radius 1 is 1.37 bits per heavy atom. The van der Waals surface area contributed by atoms with Gasteiger partial charge in [0.25, 0.3) is 0 Å². The molecule has 1 aromatic heterocycles. The average Bonchev–Trinajstić information content (AvgIpc) is 2.29. The number of nitrogens with one attached hydrogen (secondary N) is 1. The molecule has 19 heavy (non-hydrogen) atoms. The van der Waals surface area contributed by atoms with Crippen LogP contribution >= 0.6 is 11.6 Å². The number of hydrogen-bond donors (Lipinski definition) is 1. The molecule has 1 heterocycles. The van der Waals surface area contributed by atoms with Crippen LogP contribution in [0.2, 0.25) is 0 Å². The zero-order chi connectivity index (χ0) is 14.3. The summed E-state index contributed by atoms with van der Waals surface area (Å²) in [7, 11) is 0. The number of aromatic nitrogens is 2. The number of alkyl halides is 4. The molecule has 1 N–H and O–H groups in total. The molecule has 1 aliphatic rings. The smallest absolute Gasteiger partial charge is 0.386 e. The Kier molecular flexibility index (Phi) is 3.51. The normalized spacial score (nSPS) is 25.6. The van der Waals surface area contributed by atoms with Crippen molar-refractivity contribution in [3.8, 4) is 5.88 Å². The third kappa shape index (κ3) is 3.20. The van der Waals surface area contributed by atoms with Gasteiger partial charge in [-0.05, 0) is 6.42 Å². The molecule has 2 atom stereocenters. The maximum Gasteiger partial charge on any atom is 0.574 e. The molecular weight excluding hydrogens is 283 g/mol. The minimum absolute atomic E-state index is 0.0748. The Labute approximate surface area is 113 Å². The topological polar surface area (TPSA) is 47.0 Å². The minimum atomic E-state index is -4.76. The first-order valence-corrected chi connectivity index (χ1v) is 6.10. The summed E-state index contributed by atoms with van der Waals surface area (Å²) in [6.45, 7) is 4.03. The van der Waals surface area contributed by atoms with E-state index in [1.54, 1.807) is 0 Å². The molecule has 0 aliphatic heterocycles. The van der Waals surface area contributed by atoms with Gasteiger partial charge in [0.05, 0.1) is 12.4 Å². The van der Waals surface area contributed by atoms with Crippen LogP contribution in [0.25, 0.3) is 0 Å². The molecule has 8 heteroatoms. The van der Waals surface area contributed by atoms with Crippen LogP contribution < -0.4 is 10.1 Å². The molecule has 1 saturated carbocycles. The van der Waals surface area contributed by atoms with E-state index in [1.165, 1.54) is 6.20 Å². The largest absolute Gasteiger partial charge is 0.574 e. The fourth-order valence-corrected chi connectivity index (χ4v) is 2.19. The van der Waals surface area contributed by atoms with E-state index in [4.69, 9.17) is 11.6 Å². The number of rotatable bonds is 3. The van der Waals surface area contributed by atoms with Gasteiger partial charge < -0.3 is 10.1 Å². The lowest BCUT2D eigenvalue weighted by molar-refractivity contribution is -0.276. The number of anilines is 1. The number of nitrogens with zero attached hydrogens (tertiary/aromatic N) is 2. The maximum atomic E-state index is 11.9. The Balaban J connectivity index is 1.96. The van der Waals surface area contributed by atoms with Crippen molar-refractivity contribution in [3.05, 3.63) is 12.4 Å². The first kappa shape index (κ1) is 14.2. The highest BCUT2D eigenvalue weighted by atomic mass is 35.5. The zero-order valence-electron chi connectivity index (χ0n) is 10.3. The summed E-state index contributed by atoms with van der Waals surface area (Å²) >= 11 is 6.08. The third-order valence-electron chi connectivity index (χ3n) is 3.32. The van der Waals surface area contributed by atoms with Crippen molar-refractivity contribution in [1.29, 1.82) is 0 Å². The van der Waals surface area contributed by atoms with Crippen LogP contribution in [0.5, 0.6) is 5.88 Å². The Hall–Kier alpha value is -1.24. The Morgan fingerprint density at radius 3 is 2.47 bits per heavy atom. The minimum Gasteiger partial charge on any atom is -0.386 e. The van der Waals surface area contributed by atoms with Gasteiger partial charge in [-0.3, -0.25) is 0 Å². The van der Waals surface area contributed by atoms with Crippen LogP contribution in [-0.2, 0) is 0 Å². The molecule has 1 aromatic rings. The average molecular weight is 296 g/mol. The summed E-state index contributed by atoms with van der Waals surface area (Å²) in [5, 5.41) is 3.17. The number of hydrogen-bond acceptors (Lipinski definition) is 4. The lowest BCUT2D eigenvalue weighted by Gasteiger charge is -2.49. The van der Waals surface area contributed by atoms with Crippen LogP contribution in [0.4, 0.5) is 19.0 Å². The van der Waals surface area contributed by atoms with E-state index in [9.17, 15) is 13.2 Å². The third-order valence-corrected chi connectivity index (χ3v) is 4.06. The quantitative estimate of drug-likeness (QED) is 0.870. The highest BCUT2D eigenvalue weighted by Gasteiger charge is 2.47. The van der Waals surface area contributed by atoms with Gasteiger partial charge in [0.2, 0.25) is 5.88 Å². The molecule has 1 aliphatic carbocycles. The first-order valence-electron chi connectivity index (χ1n) is 5.67. The molecule has 0 amide bonds. The highest BCUT2D eigenvalue weighted by Crippen LogP contribution is 2.45. The van der Waals surface area contributed by atoms with E-state index in [2.05, 4.69) is 20.0 Å². The lowest BCUT2D eigenvalue weighted by atomic mass is 9.67. The van der Waals surface area contributed by atoms with E-state index in [0.717, 1.165) is 12.6 Å². The van der Waals surface area contributed by atoms with Crippen molar-refractivity contribution in [3.63, 3.8) is 0 Å². The predicted octanol–water partition coefficient (Wildman–Crippen LogP) is 3.19. The molecule has 4 nitrogen and oxygen atoms in total. The summed E-state index contributed by atoms with van der Waals surface area (Å²) in [5.41, 5.74) is -0.0929. The second-order valence-electron chi connectivity index (χ2n) is 5.01. The van der Waals surface area contributed by atoms with Crippen LogP contribution in [0, 0.1) is 5.41 Å². The monoisotopic (exact) mass is 295 g/mol. The van der Waals surface area contributed by atoms with Gasteiger partial charge in [-0.25, -0.2) is 9.97 Å². The van der Waals surface area contributed by atoms with Gasteiger partial charge >= 0.3 is 6.36 Å². The predicted molar refractivity (Wildman–Crippen MR) is 64.2 cm³/mol. The van der Waals surface area contributed by atoms with Crippen LogP contribution in [-0.4, -0.2) is 27.7 Å². The van der Waals surface area contributed by atoms with Crippen molar-refractivity contribution in [2.75, 3.05) is 5.32 Å². The van der Waals surface area contributed by atoms with Crippen molar-refractivity contribution in [2.24, 2.45) is 5.41 Å². The molecule has 106 valence electrons. The Bertz CT molecular complexity index is 449. The zero-order valence-corrected chi connectivity index (χ0v) is 11.1. The lowest BCUT2D eigenvalue weighted by Crippen LogP contribution is -2.54. The SMILES string of the molecule is CC1(C)C(Cl)CC1Nc1cnc(OC(F)(F)F)cn1. The van der Waals surface area contributed by atoms with Crippen LogP contribution in [0.1, 0.15) is 20.3 Å². The summed E-state index contributed by atoms with van der Waals surface area (Å²) in [4.78, 5) is 7.38. The molecule has 2 rings (SSSR count). The van der Waals surface area contributed by atoms with Gasteiger partial charge in [-0.1, -0.05) is 13.8 Å². The first-order chi connectivity index (χ1) is 8.68. The molecule has 2 unspecified atom stereocenters. The summed E-state index contributed by atoms with van der Waals surface area (Å²) in [6.07, 6.45) is -1.85. The van der Waals surface area contributed by atoms with E-state index in [0.29, 0.717) is 5.82 Å². The maximum absolute atomic E-state index is 11.9. The van der Waals surface area contributed by atoms with Crippen molar-refractivity contribution >= 4 is 17.4 Å². The van der Waals surface area contributed by atoms with E-state index in [1.807, 2.05) is 13.8 Å². The Morgan fingerprint density at radius 2 is 2.05 bits per heavy atom. The van der Waals surface area contributed by atoms with Crippen LogP contribution in [0.3, 0.4) is 0 Å². The van der Waals surface area contributed by atoms with Gasteiger partial charge in [0, 0.05) is 16.8 Å². The standard InChI is InChI=1S/C11H13ClF3N3O/c1-10(2)6(12)3-7(10)18-8-4-17-9(5-16-8)19-11(13,14)15/h4-7H,3H2,1-2H3,(H,16,18). The van der Waals surface area contributed by atoms with E-state index in [-0.39, 0.29) is 16.8 Å². The molecular formula is C11H13ClF3N3O. The summed E-state index contributed by atoms with van der Waals surface area (Å²) in [6, 6.07) is 0.124. The van der Waals surface area contributed by atoms with Gasteiger partial charge in [-0.15, -0.1) is 24.8 Å². The molecule has 0 radical (unpaired) electrons. The summed E-state index contributed by atoms with van der Waals surface area (Å²) in [5.74, 6) is -0.183. The second-order valence-corrected chi connectivity index (χ2v) is 5.54. The van der Waals surface area contributed by atoms with Crippen molar-refractivity contribution < 1.29 is 17.9 Å². The van der Waals surface area contributed by atoms with Crippen molar-refractivity contribution in [1.82, 2.24) is 9.97 Å². The van der Waals surface area contributed by atoms with Gasteiger partial charge in [-0.2, -0.15) is 0 Å². The molecule has 0 bridgehead atoms. The van der Waals surface area contributed by atoms with E-state index >= 15 is 0 Å². The van der Waals surface area contributed by atoms with E-state index < -0.39 is 12.2 Å². The number of halogens is 4. The van der Waals surface area contributed by atoms with Crippen molar-refractivity contribution in [2.45, 2.75) is 38.0 Å². The molecule has 0 spiro atoms. The fourth-order valence-electron chi connectivity index (χ4n) is 1.86. The fraction of sp³-hybridized carbons (Fsp3) is 0.636. The van der Waals surface area contributed by atoms with Crippen LogP contribution in [0.15, 0.2) is 12.4 Å². The van der Waals surface area contributed by atoms with Gasteiger partial charge in [0.15, 0.2) is 0 Å². The highest BCUT2D eigenvalue weighted by molar-refractivity contribution is 6.21. The molecule has 1 fully saturated rings. The second kappa shape index (κ2) is 4.70. The van der Waals surface area contributed by atoms with Gasteiger partial charge in [0.1, 0.15) is 5.82 Å².